The number of hydrogen-bond donors (Lipinski definition) is 1. The lowest BCUT2D eigenvalue weighted by Gasteiger charge is -2.04. The van der Waals surface area contributed by atoms with Gasteiger partial charge in [0.05, 0.1) is 11.5 Å². The zero-order valence-corrected chi connectivity index (χ0v) is 9.70. The maximum absolute atomic E-state index is 10.7. The second-order valence-electron chi connectivity index (χ2n) is 3.83. The summed E-state index contributed by atoms with van der Waals surface area (Å²) in [7, 11) is 0. The van der Waals surface area contributed by atoms with Crippen LogP contribution in [0.4, 0.5) is 5.69 Å². The average Bonchev–Trinajstić information content (AvgIpc) is 2.39. The Labute approximate surface area is 103 Å². The molecule has 0 radical (unpaired) electrons. The van der Waals surface area contributed by atoms with Crippen molar-refractivity contribution in [3.05, 3.63) is 51.8 Å². The van der Waals surface area contributed by atoms with Crippen molar-refractivity contribution in [3.8, 4) is 11.4 Å². The molecule has 92 valence electrons. The molecule has 2 aromatic rings. The highest BCUT2D eigenvalue weighted by molar-refractivity contribution is 5.63. The maximum atomic E-state index is 10.7. The quantitative estimate of drug-likeness (QED) is 0.658. The Kier molecular flexibility index (Phi) is 3.29. The molecule has 0 unspecified atom stereocenters. The van der Waals surface area contributed by atoms with E-state index in [0.717, 1.165) is 5.56 Å². The largest absolute Gasteiger partial charge is 0.392 e. The van der Waals surface area contributed by atoms with Crippen LogP contribution in [0.5, 0.6) is 0 Å². The number of aliphatic hydroxyl groups is 1. The van der Waals surface area contributed by atoms with Gasteiger partial charge in [-0.2, -0.15) is 0 Å². The Bertz CT molecular complexity index is 582. The molecular formula is C12H11N3O3. The molecule has 6 nitrogen and oxygen atoms in total. The highest BCUT2D eigenvalue weighted by atomic mass is 16.6. The van der Waals surface area contributed by atoms with Crippen LogP contribution in [0, 0.1) is 17.0 Å². The molecule has 0 spiro atoms. The Balaban J connectivity index is 2.48. The first kappa shape index (κ1) is 12.1. The molecule has 2 rings (SSSR count). The van der Waals surface area contributed by atoms with E-state index < -0.39 is 4.92 Å². The monoisotopic (exact) mass is 245 g/mol. The van der Waals surface area contributed by atoms with Gasteiger partial charge in [0, 0.05) is 35.7 Å². The molecule has 0 bridgehead atoms. The van der Waals surface area contributed by atoms with Gasteiger partial charge < -0.3 is 5.11 Å². The van der Waals surface area contributed by atoms with Gasteiger partial charge in [0.15, 0.2) is 5.82 Å². The summed E-state index contributed by atoms with van der Waals surface area (Å²) in [6.07, 6.45) is 3.00. The van der Waals surface area contributed by atoms with E-state index in [-0.39, 0.29) is 12.3 Å². The third-order valence-electron chi connectivity index (χ3n) is 2.56. The van der Waals surface area contributed by atoms with Crippen molar-refractivity contribution < 1.29 is 10.0 Å². The summed E-state index contributed by atoms with van der Waals surface area (Å²) in [6, 6.07) is 4.56. The molecule has 0 aliphatic rings. The van der Waals surface area contributed by atoms with Gasteiger partial charge in [0.1, 0.15) is 0 Å². The number of nitro benzene ring substituents is 1. The summed E-state index contributed by atoms with van der Waals surface area (Å²) < 4.78 is 0. The second-order valence-corrected chi connectivity index (χ2v) is 3.83. The fourth-order valence-corrected chi connectivity index (χ4v) is 1.54. The molecule has 1 heterocycles. The normalized spacial score (nSPS) is 10.3. The van der Waals surface area contributed by atoms with E-state index in [1.807, 2.05) is 6.92 Å². The van der Waals surface area contributed by atoms with Crippen molar-refractivity contribution in [3.63, 3.8) is 0 Å². The summed E-state index contributed by atoms with van der Waals surface area (Å²) in [5.41, 5.74) is 2.08. The predicted octanol–water partition coefficient (Wildman–Crippen LogP) is 1.85. The standard InChI is InChI=1S/C12H11N3O3/c1-8-2-3-10(15(17)18)4-11(8)12-13-5-9(7-16)6-14-12/h2-6,16H,7H2,1H3. The van der Waals surface area contributed by atoms with Gasteiger partial charge in [-0.05, 0) is 12.5 Å². The number of aromatic nitrogens is 2. The number of hydrogen-bond acceptors (Lipinski definition) is 5. The molecule has 18 heavy (non-hydrogen) atoms. The van der Waals surface area contributed by atoms with Gasteiger partial charge in [0.25, 0.3) is 5.69 Å². The fraction of sp³-hybridized carbons (Fsp3) is 0.167. The van der Waals surface area contributed by atoms with Crippen LogP contribution < -0.4 is 0 Å². The number of benzene rings is 1. The van der Waals surface area contributed by atoms with E-state index in [1.54, 1.807) is 6.07 Å². The minimum Gasteiger partial charge on any atom is -0.392 e. The zero-order chi connectivity index (χ0) is 13.1. The van der Waals surface area contributed by atoms with Crippen molar-refractivity contribution >= 4 is 5.69 Å². The van der Waals surface area contributed by atoms with Gasteiger partial charge >= 0.3 is 0 Å². The number of aryl methyl sites for hydroxylation is 1. The minimum atomic E-state index is -0.453. The number of aliphatic hydroxyl groups excluding tert-OH is 1. The summed E-state index contributed by atoms with van der Waals surface area (Å²) in [6.45, 7) is 1.70. The van der Waals surface area contributed by atoms with Gasteiger partial charge in [-0.15, -0.1) is 0 Å². The third-order valence-corrected chi connectivity index (χ3v) is 2.56. The van der Waals surface area contributed by atoms with Crippen molar-refractivity contribution in [2.24, 2.45) is 0 Å². The van der Waals surface area contributed by atoms with Gasteiger partial charge in [0.2, 0.25) is 0 Å². The third kappa shape index (κ3) is 2.33. The summed E-state index contributed by atoms with van der Waals surface area (Å²) in [5, 5.41) is 19.6. The van der Waals surface area contributed by atoms with Crippen LogP contribution >= 0.6 is 0 Å². The van der Waals surface area contributed by atoms with E-state index in [4.69, 9.17) is 5.11 Å². The van der Waals surface area contributed by atoms with Crippen molar-refractivity contribution in [1.29, 1.82) is 0 Å². The summed E-state index contributed by atoms with van der Waals surface area (Å²) in [5.74, 6) is 0.411. The zero-order valence-electron chi connectivity index (χ0n) is 9.70. The molecule has 0 saturated heterocycles. The molecule has 0 atom stereocenters. The molecular weight excluding hydrogens is 234 g/mol. The molecule has 1 aromatic carbocycles. The summed E-state index contributed by atoms with van der Waals surface area (Å²) in [4.78, 5) is 18.4. The van der Waals surface area contributed by atoms with E-state index >= 15 is 0 Å². The molecule has 1 N–H and O–H groups in total. The highest BCUT2D eigenvalue weighted by Crippen LogP contribution is 2.24. The molecule has 0 fully saturated rings. The fourth-order valence-electron chi connectivity index (χ4n) is 1.54. The molecule has 1 aromatic heterocycles. The first-order valence-corrected chi connectivity index (χ1v) is 5.29. The van der Waals surface area contributed by atoms with Crippen LogP contribution in [0.3, 0.4) is 0 Å². The maximum Gasteiger partial charge on any atom is 0.270 e. The van der Waals surface area contributed by atoms with E-state index in [1.165, 1.54) is 24.5 Å². The van der Waals surface area contributed by atoms with Crippen molar-refractivity contribution in [2.75, 3.05) is 0 Å². The molecule has 0 amide bonds. The van der Waals surface area contributed by atoms with Crippen LogP contribution in [0.15, 0.2) is 30.6 Å². The number of nitrogens with zero attached hydrogens (tertiary/aromatic N) is 3. The minimum absolute atomic E-state index is 0.00503. The smallest absolute Gasteiger partial charge is 0.270 e. The van der Waals surface area contributed by atoms with E-state index in [9.17, 15) is 10.1 Å². The lowest BCUT2D eigenvalue weighted by Crippen LogP contribution is -1.96. The molecule has 0 saturated carbocycles. The Morgan fingerprint density at radius 2 is 2.00 bits per heavy atom. The Hall–Kier alpha value is -2.34. The average molecular weight is 245 g/mol. The molecule has 0 aliphatic heterocycles. The lowest BCUT2D eigenvalue weighted by atomic mass is 10.1. The number of nitro groups is 1. The van der Waals surface area contributed by atoms with Crippen LogP contribution in [0.25, 0.3) is 11.4 Å². The van der Waals surface area contributed by atoms with Crippen LogP contribution in [0.2, 0.25) is 0 Å². The number of rotatable bonds is 3. The first-order chi connectivity index (χ1) is 8.61. The van der Waals surface area contributed by atoms with Crippen molar-refractivity contribution in [1.82, 2.24) is 9.97 Å². The first-order valence-electron chi connectivity index (χ1n) is 5.29. The lowest BCUT2D eigenvalue weighted by molar-refractivity contribution is -0.384. The predicted molar refractivity (Wildman–Crippen MR) is 64.8 cm³/mol. The Morgan fingerprint density at radius 1 is 1.33 bits per heavy atom. The van der Waals surface area contributed by atoms with Gasteiger partial charge in [-0.25, -0.2) is 9.97 Å². The molecule has 0 aliphatic carbocycles. The van der Waals surface area contributed by atoms with E-state index in [0.29, 0.717) is 17.0 Å². The topological polar surface area (TPSA) is 89.2 Å². The van der Waals surface area contributed by atoms with Gasteiger partial charge in [-0.3, -0.25) is 10.1 Å². The Morgan fingerprint density at radius 3 is 2.56 bits per heavy atom. The van der Waals surface area contributed by atoms with Crippen LogP contribution in [-0.4, -0.2) is 20.0 Å². The van der Waals surface area contributed by atoms with E-state index in [2.05, 4.69) is 9.97 Å². The highest BCUT2D eigenvalue weighted by Gasteiger charge is 2.11. The van der Waals surface area contributed by atoms with Crippen LogP contribution in [-0.2, 0) is 6.61 Å². The summed E-state index contributed by atoms with van der Waals surface area (Å²) >= 11 is 0. The molecule has 6 heteroatoms. The SMILES string of the molecule is Cc1ccc([N+](=O)[O-])cc1-c1ncc(CO)cn1. The van der Waals surface area contributed by atoms with Crippen LogP contribution in [0.1, 0.15) is 11.1 Å². The second kappa shape index (κ2) is 4.89. The van der Waals surface area contributed by atoms with Crippen molar-refractivity contribution in [2.45, 2.75) is 13.5 Å². The van der Waals surface area contributed by atoms with Gasteiger partial charge in [-0.1, -0.05) is 6.07 Å². The number of non-ortho nitro benzene ring substituents is 1.